The molecule has 0 saturated carbocycles. The van der Waals surface area contributed by atoms with Gasteiger partial charge in [-0.2, -0.15) is 0 Å². The normalized spacial score (nSPS) is 10.3. The van der Waals surface area contributed by atoms with Crippen LogP contribution in [0.5, 0.6) is 0 Å². The molecule has 0 fully saturated rings. The second-order valence-corrected chi connectivity index (χ2v) is 5.58. The van der Waals surface area contributed by atoms with Crippen molar-refractivity contribution < 1.29 is 4.79 Å². The lowest BCUT2D eigenvalue weighted by atomic mass is 10.1. The third-order valence-electron chi connectivity index (χ3n) is 3.41. The molecule has 22 heavy (non-hydrogen) atoms. The maximum Gasteiger partial charge on any atom is 0.317 e. The Hall–Kier alpha value is -2.07. The van der Waals surface area contributed by atoms with Crippen molar-refractivity contribution in [1.29, 1.82) is 0 Å². The van der Waals surface area contributed by atoms with Gasteiger partial charge in [-0.15, -0.1) is 0 Å². The molecule has 2 amide bonds. The van der Waals surface area contributed by atoms with E-state index in [0.29, 0.717) is 13.1 Å². The minimum Gasteiger partial charge on any atom is -0.338 e. The average molecular weight is 318 g/mol. The predicted molar refractivity (Wildman–Crippen MR) is 89.1 cm³/mol. The van der Waals surface area contributed by atoms with Gasteiger partial charge in [0.1, 0.15) is 0 Å². The van der Waals surface area contributed by atoms with Crippen LogP contribution in [0.3, 0.4) is 0 Å². The number of halogens is 1. The minimum absolute atomic E-state index is 0.0592. The molecule has 0 atom stereocenters. The number of nitrogens with one attached hydrogen (secondary N) is 1. The molecule has 0 aliphatic carbocycles. The van der Waals surface area contributed by atoms with Crippen LogP contribution in [0, 0.1) is 0 Å². The number of nitrogens with zero attached hydrogens (tertiary/aromatic N) is 2. The van der Waals surface area contributed by atoms with Gasteiger partial charge in [0.25, 0.3) is 0 Å². The van der Waals surface area contributed by atoms with E-state index in [-0.39, 0.29) is 6.03 Å². The van der Waals surface area contributed by atoms with E-state index in [1.807, 2.05) is 36.4 Å². The number of likely N-dealkylation sites (N-methyl/N-ethyl adjacent to an activating group) is 1. The minimum atomic E-state index is -0.0592. The van der Waals surface area contributed by atoms with E-state index in [2.05, 4.69) is 10.3 Å². The highest BCUT2D eigenvalue weighted by molar-refractivity contribution is 6.30. The average Bonchev–Trinajstić information content (AvgIpc) is 2.53. The van der Waals surface area contributed by atoms with Crippen LogP contribution in [0.2, 0.25) is 5.02 Å². The molecule has 2 aromatic rings. The van der Waals surface area contributed by atoms with E-state index in [4.69, 9.17) is 11.6 Å². The van der Waals surface area contributed by atoms with Crippen LogP contribution in [-0.2, 0) is 12.8 Å². The number of rotatable bonds is 6. The number of aromatic nitrogens is 1. The fourth-order valence-corrected chi connectivity index (χ4v) is 2.30. The van der Waals surface area contributed by atoms with E-state index in [0.717, 1.165) is 23.4 Å². The summed E-state index contributed by atoms with van der Waals surface area (Å²) in [6, 6.07) is 11.6. The molecule has 0 spiro atoms. The zero-order valence-electron chi connectivity index (χ0n) is 12.6. The monoisotopic (exact) mass is 317 g/mol. The fourth-order valence-electron chi connectivity index (χ4n) is 2.09. The lowest BCUT2D eigenvalue weighted by Crippen LogP contribution is -2.39. The van der Waals surface area contributed by atoms with Crippen LogP contribution >= 0.6 is 11.6 Å². The summed E-state index contributed by atoms with van der Waals surface area (Å²) in [6.45, 7) is 1.27. The smallest absolute Gasteiger partial charge is 0.317 e. The van der Waals surface area contributed by atoms with Gasteiger partial charge in [-0.3, -0.25) is 4.98 Å². The Morgan fingerprint density at radius 3 is 2.68 bits per heavy atom. The predicted octanol–water partition coefficient (Wildman–Crippen LogP) is 3.16. The van der Waals surface area contributed by atoms with Gasteiger partial charge >= 0.3 is 6.03 Å². The SMILES string of the molecule is CN(CCc1ccncc1)C(=O)NCCc1cccc(Cl)c1. The Balaban J connectivity index is 1.70. The van der Waals surface area contributed by atoms with E-state index >= 15 is 0 Å². The number of pyridine rings is 1. The van der Waals surface area contributed by atoms with Crippen molar-refractivity contribution in [3.63, 3.8) is 0 Å². The second kappa shape index (κ2) is 8.39. The number of carbonyl (C=O) groups excluding carboxylic acids is 1. The van der Waals surface area contributed by atoms with Gasteiger partial charge in [0.2, 0.25) is 0 Å². The van der Waals surface area contributed by atoms with E-state index in [9.17, 15) is 4.79 Å². The molecule has 116 valence electrons. The molecule has 0 unspecified atom stereocenters. The molecule has 1 heterocycles. The first-order valence-corrected chi connectivity index (χ1v) is 7.65. The van der Waals surface area contributed by atoms with Gasteiger partial charge in [-0.05, 0) is 48.2 Å². The Bertz CT molecular complexity index is 604. The second-order valence-electron chi connectivity index (χ2n) is 5.14. The summed E-state index contributed by atoms with van der Waals surface area (Å²) in [7, 11) is 1.80. The first-order valence-electron chi connectivity index (χ1n) is 7.27. The van der Waals surface area contributed by atoms with Crippen LogP contribution in [0.25, 0.3) is 0 Å². The summed E-state index contributed by atoms with van der Waals surface area (Å²) in [4.78, 5) is 17.7. The highest BCUT2D eigenvalue weighted by Crippen LogP contribution is 2.10. The van der Waals surface area contributed by atoms with Crippen LogP contribution in [0.1, 0.15) is 11.1 Å². The van der Waals surface area contributed by atoms with Gasteiger partial charge in [0.05, 0.1) is 0 Å². The standard InChI is InChI=1S/C17H20ClN3O/c1-21(12-8-14-5-9-19-10-6-14)17(22)20-11-7-15-3-2-4-16(18)13-15/h2-6,9-10,13H,7-8,11-12H2,1H3,(H,20,22). The van der Waals surface area contributed by atoms with Gasteiger partial charge in [-0.1, -0.05) is 23.7 Å². The van der Waals surface area contributed by atoms with Crippen LogP contribution in [0.15, 0.2) is 48.8 Å². The van der Waals surface area contributed by atoms with Crippen molar-refractivity contribution in [3.05, 3.63) is 64.9 Å². The lowest BCUT2D eigenvalue weighted by Gasteiger charge is -2.18. The first kappa shape index (κ1) is 16.3. The van der Waals surface area contributed by atoms with Gasteiger partial charge in [0, 0.05) is 37.6 Å². The quantitative estimate of drug-likeness (QED) is 0.889. The molecule has 2 rings (SSSR count). The number of urea groups is 1. The number of amides is 2. The highest BCUT2D eigenvalue weighted by atomic mass is 35.5. The van der Waals surface area contributed by atoms with Crippen molar-refractivity contribution in [2.24, 2.45) is 0 Å². The maximum atomic E-state index is 12.0. The summed E-state index contributed by atoms with van der Waals surface area (Å²) in [5.41, 5.74) is 2.29. The van der Waals surface area contributed by atoms with E-state index in [1.54, 1.807) is 24.3 Å². The Morgan fingerprint density at radius 2 is 1.95 bits per heavy atom. The van der Waals surface area contributed by atoms with Gasteiger partial charge in [0.15, 0.2) is 0 Å². The molecule has 0 radical (unpaired) electrons. The molecule has 1 aromatic carbocycles. The highest BCUT2D eigenvalue weighted by Gasteiger charge is 2.07. The zero-order chi connectivity index (χ0) is 15.8. The van der Waals surface area contributed by atoms with Crippen molar-refractivity contribution in [2.75, 3.05) is 20.1 Å². The van der Waals surface area contributed by atoms with Crippen LogP contribution < -0.4 is 5.32 Å². The van der Waals surface area contributed by atoms with Crippen LogP contribution in [0.4, 0.5) is 4.79 Å². The number of hydrogen-bond donors (Lipinski definition) is 1. The summed E-state index contributed by atoms with van der Waals surface area (Å²) in [6.07, 6.45) is 5.12. The zero-order valence-corrected chi connectivity index (χ0v) is 13.4. The Morgan fingerprint density at radius 1 is 1.18 bits per heavy atom. The lowest BCUT2D eigenvalue weighted by molar-refractivity contribution is 0.209. The summed E-state index contributed by atoms with van der Waals surface area (Å²) >= 11 is 5.94. The van der Waals surface area contributed by atoms with Gasteiger partial charge < -0.3 is 10.2 Å². The third-order valence-corrected chi connectivity index (χ3v) is 3.65. The molecule has 4 nitrogen and oxygen atoms in total. The first-order chi connectivity index (χ1) is 10.6. The van der Waals surface area contributed by atoms with Crippen molar-refractivity contribution in [3.8, 4) is 0 Å². The third kappa shape index (κ3) is 5.37. The fraction of sp³-hybridized carbons (Fsp3) is 0.294. The summed E-state index contributed by atoms with van der Waals surface area (Å²) in [5.74, 6) is 0. The van der Waals surface area contributed by atoms with Crippen LogP contribution in [-0.4, -0.2) is 36.1 Å². The molecule has 0 aliphatic heterocycles. The molecular weight excluding hydrogens is 298 g/mol. The summed E-state index contributed by atoms with van der Waals surface area (Å²) < 4.78 is 0. The van der Waals surface area contributed by atoms with E-state index in [1.165, 1.54) is 5.56 Å². The molecule has 0 saturated heterocycles. The number of carbonyl (C=O) groups is 1. The Kier molecular flexibility index (Phi) is 6.22. The van der Waals surface area contributed by atoms with Gasteiger partial charge in [-0.25, -0.2) is 4.79 Å². The van der Waals surface area contributed by atoms with E-state index < -0.39 is 0 Å². The summed E-state index contributed by atoms with van der Waals surface area (Å²) in [5, 5.41) is 3.64. The molecular formula is C17H20ClN3O. The number of benzene rings is 1. The molecule has 0 aliphatic rings. The molecule has 1 aromatic heterocycles. The van der Waals surface area contributed by atoms with Crippen molar-refractivity contribution >= 4 is 17.6 Å². The topological polar surface area (TPSA) is 45.2 Å². The largest absolute Gasteiger partial charge is 0.338 e. The molecule has 0 bridgehead atoms. The molecule has 5 heteroatoms. The number of hydrogen-bond acceptors (Lipinski definition) is 2. The van der Waals surface area contributed by atoms with Crippen molar-refractivity contribution in [2.45, 2.75) is 12.8 Å². The molecule has 1 N–H and O–H groups in total. The van der Waals surface area contributed by atoms with Crippen molar-refractivity contribution in [1.82, 2.24) is 15.2 Å². The Labute approximate surface area is 136 Å². The maximum absolute atomic E-state index is 12.0.